The third kappa shape index (κ3) is 4.60. The predicted molar refractivity (Wildman–Crippen MR) is 121 cm³/mol. The number of hydrogen-bond acceptors (Lipinski definition) is 5. The number of aromatic nitrogens is 2. The van der Waals surface area contributed by atoms with Gasteiger partial charge in [-0.05, 0) is 49.5 Å². The molecule has 1 aliphatic carbocycles. The van der Waals surface area contributed by atoms with Crippen molar-refractivity contribution in [2.45, 2.75) is 25.0 Å². The van der Waals surface area contributed by atoms with Gasteiger partial charge in [0.2, 0.25) is 0 Å². The maximum Gasteiger partial charge on any atom is 0.282 e. The number of phenols is 1. The van der Waals surface area contributed by atoms with Crippen LogP contribution in [0.5, 0.6) is 11.5 Å². The molecule has 4 rings (SSSR count). The molecular formula is C24H27FN4O3. The summed E-state index contributed by atoms with van der Waals surface area (Å²) in [6.07, 6.45) is 2.88. The molecule has 7 nitrogen and oxygen atoms in total. The molecule has 2 N–H and O–H groups in total. The van der Waals surface area contributed by atoms with Gasteiger partial charge in [-0.3, -0.25) is 9.89 Å². The summed E-state index contributed by atoms with van der Waals surface area (Å²) in [5.41, 5.74) is 2.72. The molecule has 0 saturated heterocycles. The van der Waals surface area contributed by atoms with Gasteiger partial charge in [-0.2, -0.15) is 5.10 Å². The standard InChI is InChI=1S/C24H27FN4O3/c1-15(25)24(31)29(9-8-28(2)3)18-12-20(13-18)32-23-11-17(10-22-21(23)14-26-27-22)16-4-6-19(30)7-5-16/h4-7,10-11,14,18,20,30H,1,8-9,12-13H2,2-3H3,(H,26,27). The fourth-order valence-corrected chi connectivity index (χ4v) is 3.92. The summed E-state index contributed by atoms with van der Waals surface area (Å²) in [7, 11) is 3.83. The molecule has 0 aliphatic heterocycles. The van der Waals surface area contributed by atoms with Crippen LogP contribution in [0.2, 0.25) is 0 Å². The van der Waals surface area contributed by atoms with E-state index in [-0.39, 0.29) is 17.9 Å². The fraction of sp³-hybridized carbons (Fsp3) is 0.333. The molecular weight excluding hydrogens is 411 g/mol. The first-order valence-corrected chi connectivity index (χ1v) is 10.5. The van der Waals surface area contributed by atoms with Crippen molar-refractivity contribution in [2.24, 2.45) is 0 Å². The van der Waals surface area contributed by atoms with Crippen LogP contribution in [-0.2, 0) is 4.79 Å². The lowest BCUT2D eigenvalue weighted by Crippen LogP contribution is -2.53. The summed E-state index contributed by atoms with van der Waals surface area (Å²) in [5.74, 6) is -0.682. The monoisotopic (exact) mass is 438 g/mol. The zero-order valence-corrected chi connectivity index (χ0v) is 18.2. The molecule has 1 amide bonds. The zero-order chi connectivity index (χ0) is 22.8. The van der Waals surface area contributed by atoms with Gasteiger partial charge in [0, 0.05) is 32.0 Å². The number of amides is 1. The predicted octanol–water partition coefficient (Wildman–Crippen LogP) is 3.72. The third-order valence-electron chi connectivity index (χ3n) is 5.81. The number of aromatic amines is 1. The fourth-order valence-electron chi connectivity index (χ4n) is 3.92. The van der Waals surface area contributed by atoms with Crippen molar-refractivity contribution in [3.8, 4) is 22.6 Å². The molecule has 0 spiro atoms. The topological polar surface area (TPSA) is 81.7 Å². The van der Waals surface area contributed by atoms with E-state index in [1.165, 1.54) is 0 Å². The van der Waals surface area contributed by atoms with E-state index in [0.29, 0.717) is 31.7 Å². The van der Waals surface area contributed by atoms with Gasteiger partial charge < -0.3 is 19.6 Å². The Morgan fingerprint density at radius 3 is 2.59 bits per heavy atom. The molecule has 0 radical (unpaired) electrons. The summed E-state index contributed by atoms with van der Waals surface area (Å²) < 4.78 is 19.8. The largest absolute Gasteiger partial charge is 0.508 e. The number of phenolic OH excluding ortho intramolecular Hbond substituents is 1. The van der Waals surface area contributed by atoms with Crippen molar-refractivity contribution in [1.82, 2.24) is 20.0 Å². The summed E-state index contributed by atoms with van der Waals surface area (Å²) in [5, 5.41) is 17.6. The Labute approximate surface area is 186 Å². The van der Waals surface area contributed by atoms with E-state index in [4.69, 9.17) is 4.74 Å². The lowest BCUT2D eigenvalue weighted by Gasteiger charge is -2.42. The highest BCUT2D eigenvalue weighted by molar-refractivity contribution is 5.91. The minimum Gasteiger partial charge on any atom is -0.508 e. The molecule has 1 fully saturated rings. The number of hydrogen-bond donors (Lipinski definition) is 2. The van der Waals surface area contributed by atoms with Gasteiger partial charge >= 0.3 is 0 Å². The van der Waals surface area contributed by atoms with Gasteiger partial charge in [-0.1, -0.05) is 18.7 Å². The van der Waals surface area contributed by atoms with E-state index >= 15 is 0 Å². The number of likely N-dealkylation sites (N-methyl/N-ethyl adjacent to an activating group) is 1. The number of benzene rings is 2. The smallest absolute Gasteiger partial charge is 0.282 e. The molecule has 0 bridgehead atoms. The molecule has 32 heavy (non-hydrogen) atoms. The number of H-pyrrole nitrogens is 1. The molecule has 168 valence electrons. The number of nitrogens with zero attached hydrogens (tertiary/aromatic N) is 3. The SMILES string of the molecule is C=C(F)C(=O)N(CCN(C)C)C1CC(Oc2cc(-c3ccc(O)cc3)cc3[nH]ncc23)C1. The third-order valence-corrected chi connectivity index (χ3v) is 5.81. The van der Waals surface area contributed by atoms with E-state index in [0.717, 1.165) is 22.0 Å². The number of nitrogens with one attached hydrogen (secondary N) is 1. The van der Waals surface area contributed by atoms with Crippen LogP contribution >= 0.6 is 0 Å². The molecule has 1 aliphatic rings. The lowest BCUT2D eigenvalue weighted by atomic mass is 9.87. The normalized spacial score (nSPS) is 17.9. The number of carbonyl (C=O) groups excluding carboxylic acids is 1. The van der Waals surface area contributed by atoms with Crippen molar-refractivity contribution in [3.63, 3.8) is 0 Å². The van der Waals surface area contributed by atoms with Gasteiger partial charge in [0.25, 0.3) is 5.91 Å². The van der Waals surface area contributed by atoms with E-state index < -0.39 is 11.7 Å². The maximum atomic E-state index is 13.5. The lowest BCUT2D eigenvalue weighted by molar-refractivity contribution is -0.135. The molecule has 1 heterocycles. The number of rotatable bonds is 8. The van der Waals surface area contributed by atoms with Crippen LogP contribution in [-0.4, -0.2) is 70.3 Å². The van der Waals surface area contributed by atoms with E-state index in [1.807, 2.05) is 43.3 Å². The molecule has 3 aromatic rings. The van der Waals surface area contributed by atoms with Crippen LogP contribution in [0, 0.1) is 0 Å². The zero-order valence-electron chi connectivity index (χ0n) is 18.2. The molecule has 1 aromatic heterocycles. The molecule has 8 heteroatoms. The Balaban J connectivity index is 1.49. The molecule has 0 unspecified atom stereocenters. The first kappa shape index (κ1) is 21.8. The van der Waals surface area contributed by atoms with Gasteiger partial charge in [-0.15, -0.1) is 0 Å². The highest BCUT2D eigenvalue weighted by Gasteiger charge is 2.38. The number of halogens is 1. The first-order chi connectivity index (χ1) is 15.3. The second-order valence-corrected chi connectivity index (χ2v) is 8.42. The summed E-state index contributed by atoms with van der Waals surface area (Å²) in [4.78, 5) is 15.8. The second-order valence-electron chi connectivity index (χ2n) is 8.42. The van der Waals surface area contributed by atoms with Crippen LogP contribution in [0.3, 0.4) is 0 Å². The Morgan fingerprint density at radius 2 is 1.94 bits per heavy atom. The average Bonchev–Trinajstić information content (AvgIpc) is 3.20. The van der Waals surface area contributed by atoms with Crippen LogP contribution < -0.4 is 4.74 Å². The van der Waals surface area contributed by atoms with Crippen molar-refractivity contribution in [3.05, 3.63) is 55.0 Å². The highest BCUT2D eigenvalue weighted by Crippen LogP contribution is 2.36. The number of ether oxygens (including phenoxy) is 1. The Morgan fingerprint density at radius 1 is 1.22 bits per heavy atom. The number of aromatic hydroxyl groups is 1. The second kappa shape index (κ2) is 9.00. The Hall–Kier alpha value is -3.39. The van der Waals surface area contributed by atoms with Crippen molar-refractivity contribution < 1.29 is 19.0 Å². The average molecular weight is 439 g/mol. The van der Waals surface area contributed by atoms with Gasteiger partial charge in [0.1, 0.15) is 17.6 Å². The molecule has 2 aromatic carbocycles. The summed E-state index contributed by atoms with van der Waals surface area (Å²) >= 11 is 0. The maximum absolute atomic E-state index is 13.5. The molecule has 1 saturated carbocycles. The van der Waals surface area contributed by atoms with Gasteiger partial charge in [-0.25, -0.2) is 4.39 Å². The van der Waals surface area contributed by atoms with E-state index in [2.05, 4.69) is 16.8 Å². The summed E-state index contributed by atoms with van der Waals surface area (Å²) in [6, 6.07) is 10.8. The first-order valence-electron chi connectivity index (χ1n) is 10.5. The Bertz CT molecular complexity index is 1120. The van der Waals surface area contributed by atoms with Crippen LogP contribution in [0.25, 0.3) is 22.0 Å². The van der Waals surface area contributed by atoms with Gasteiger partial charge in [0.05, 0.1) is 17.1 Å². The highest BCUT2D eigenvalue weighted by atomic mass is 19.1. The van der Waals surface area contributed by atoms with E-state index in [9.17, 15) is 14.3 Å². The number of fused-ring (bicyclic) bond motifs is 1. The van der Waals surface area contributed by atoms with Crippen molar-refractivity contribution >= 4 is 16.8 Å². The van der Waals surface area contributed by atoms with Crippen LogP contribution in [0.4, 0.5) is 4.39 Å². The van der Waals surface area contributed by atoms with Crippen LogP contribution in [0.15, 0.2) is 55.0 Å². The minimum absolute atomic E-state index is 0.0833. The molecule has 0 atom stereocenters. The summed E-state index contributed by atoms with van der Waals surface area (Å²) in [6.45, 7) is 4.26. The van der Waals surface area contributed by atoms with Gasteiger partial charge in [0.15, 0.2) is 5.83 Å². The number of carbonyl (C=O) groups is 1. The minimum atomic E-state index is -0.935. The van der Waals surface area contributed by atoms with Crippen molar-refractivity contribution in [2.75, 3.05) is 27.2 Å². The van der Waals surface area contributed by atoms with Crippen LogP contribution in [0.1, 0.15) is 12.8 Å². The quantitative estimate of drug-likeness (QED) is 0.524. The Kier molecular flexibility index (Phi) is 6.14. The van der Waals surface area contributed by atoms with Crippen molar-refractivity contribution in [1.29, 1.82) is 0 Å². The van der Waals surface area contributed by atoms with E-state index in [1.54, 1.807) is 23.2 Å².